The number of carbonyl (C=O) groups is 1. The minimum absolute atomic E-state index is 0.303. The molecule has 0 saturated carbocycles. The first kappa shape index (κ1) is 15.4. The Labute approximate surface area is 111 Å². The molecule has 0 spiro atoms. The Morgan fingerprint density at radius 2 is 1.94 bits per heavy atom. The second-order valence-corrected chi connectivity index (χ2v) is 6.13. The van der Waals surface area contributed by atoms with Gasteiger partial charge in [0, 0.05) is 19.1 Å². The summed E-state index contributed by atoms with van der Waals surface area (Å²) in [6.07, 6.45) is 0.648. The van der Waals surface area contributed by atoms with Crippen molar-refractivity contribution in [2.45, 2.75) is 52.6 Å². The largest absolute Gasteiger partial charge is 0.480 e. The molecule has 4 atom stereocenters. The summed E-state index contributed by atoms with van der Waals surface area (Å²) in [7, 11) is 0. The van der Waals surface area contributed by atoms with Gasteiger partial charge >= 0.3 is 5.97 Å². The molecule has 1 fully saturated rings. The van der Waals surface area contributed by atoms with Crippen LogP contribution in [0.25, 0.3) is 0 Å². The van der Waals surface area contributed by atoms with E-state index in [1.807, 2.05) is 6.92 Å². The standard InChI is InChI=1S/C14H28N2O2/c1-6-15-14(5,13(17)18)7-12(4)16-8-10(2)11(3)9-16/h10-12,15H,6-9H2,1-5H3,(H,17,18). The average Bonchev–Trinajstić information content (AvgIpc) is 2.59. The van der Waals surface area contributed by atoms with E-state index in [0.717, 1.165) is 13.1 Å². The summed E-state index contributed by atoms with van der Waals surface area (Å²) in [5, 5.41) is 12.5. The van der Waals surface area contributed by atoms with Gasteiger partial charge in [-0.3, -0.25) is 4.79 Å². The van der Waals surface area contributed by atoms with Crippen LogP contribution in [0.15, 0.2) is 0 Å². The highest BCUT2D eigenvalue weighted by atomic mass is 16.4. The van der Waals surface area contributed by atoms with Crippen molar-refractivity contribution in [3.63, 3.8) is 0 Å². The third kappa shape index (κ3) is 3.45. The van der Waals surface area contributed by atoms with Gasteiger partial charge in [0.05, 0.1) is 0 Å². The van der Waals surface area contributed by atoms with E-state index in [9.17, 15) is 9.90 Å². The summed E-state index contributed by atoms with van der Waals surface area (Å²) < 4.78 is 0. The highest BCUT2D eigenvalue weighted by Gasteiger charge is 2.37. The van der Waals surface area contributed by atoms with E-state index in [2.05, 4.69) is 31.0 Å². The van der Waals surface area contributed by atoms with Gasteiger partial charge in [-0.25, -0.2) is 0 Å². The first-order valence-electron chi connectivity index (χ1n) is 7.02. The summed E-state index contributed by atoms with van der Waals surface area (Å²) in [4.78, 5) is 13.8. The van der Waals surface area contributed by atoms with Crippen LogP contribution in [0.5, 0.6) is 0 Å². The van der Waals surface area contributed by atoms with Crippen LogP contribution in [-0.2, 0) is 4.79 Å². The first-order valence-corrected chi connectivity index (χ1v) is 7.02. The number of aliphatic carboxylic acids is 1. The van der Waals surface area contributed by atoms with Gasteiger partial charge in [0.15, 0.2) is 0 Å². The molecule has 18 heavy (non-hydrogen) atoms. The van der Waals surface area contributed by atoms with E-state index in [-0.39, 0.29) is 0 Å². The maximum atomic E-state index is 11.4. The SMILES string of the molecule is CCNC(C)(CC(C)N1CC(C)C(C)C1)C(=O)O. The fourth-order valence-electron chi connectivity index (χ4n) is 2.88. The number of likely N-dealkylation sites (N-methyl/N-ethyl adjacent to an activating group) is 1. The van der Waals surface area contributed by atoms with Gasteiger partial charge in [-0.2, -0.15) is 0 Å². The van der Waals surface area contributed by atoms with E-state index in [1.165, 1.54) is 0 Å². The van der Waals surface area contributed by atoms with Crippen LogP contribution in [0.1, 0.15) is 41.0 Å². The molecule has 0 radical (unpaired) electrons. The van der Waals surface area contributed by atoms with Gasteiger partial charge in [-0.15, -0.1) is 0 Å². The normalized spacial score (nSPS) is 30.1. The predicted octanol–water partition coefficient (Wildman–Crippen LogP) is 1.81. The zero-order chi connectivity index (χ0) is 13.9. The molecule has 1 aliphatic heterocycles. The van der Waals surface area contributed by atoms with Gasteiger partial charge < -0.3 is 15.3 Å². The lowest BCUT2D eigenvalue weighted by molar-refractivity contribution is -0.145. The third-order valence-corrected chi connectivity index (χ3v) is 4.38. The zero-order valence-electron chi connectivity index (χ0n) is 12.4. The number of carboxylic acid groups (broad SMARTS) is 1. The fraction of sp³-hybridized carbons (Fsp3) is 0.929. The minimum Gasteiger partial charge on any atom is -0.480 e. The van der Waals surface area contributed by atoms with Crippen molar-refractivity contribution in [1.82, 2.24) is 10.2 Å². The van der Waals surface area contributed by atoms with Gasteiger partial charge in [0.2, 0.25) is 0 Å². The van der Waals surface area contributed by atoms with Crippen molar-refractivity contribution in [2.75, 3.05) is 19.6 Å². The highest BCUT2D eigenvalue weighted by molar-refractivity contribution is 5.78. The highest BCUT2D eigenvalue weighted by Crippen LogP contribution is 2.27. The Morgan fingerprint density at radius 3 is 2.33 bits per heavy atom. The maximum absolute atomic E-state index is 11.4. The molecule has 0 aliphatic carbocycles. The molecule has 0 bridgehead atoms. The summed E-state index contributed by atoms with van der Waals surface area (Å²) in [5.41, 5.74) is -0.816. The molecular weight excluding hydrogens is 228 g/mol. The number of hydrogen-bond acceptors (Lipinski definition) is 3. The number of nitrogens with one attached hydrogen (secondary N) is 1. The Morgan fingerprint density at radius 1 is 1.44 bits per heavy atom. The van der Waals surface area contributed by atoms with Crippen molar-refractivity contribution in [3.8, 4) is 0 Å². The van der Waals surface area contributed by atoms with Gasteiger partial charge in [0.1, 0.15) is 5.54 Å². The molecular formula is C14H28N2O2. The number of nitrogens with zero attached hydrogens (tertiary/aromatic N) is 1. The molecule has 0 aromatic carbocycles. The van der Waals surface area contributed by atoms with Crippen LogP contribution in [-0.4, -0.2) is 47.2 Å². The number of likely N-dealkylation sites (tertiary alicyclic amines) is 1. The Balaban J connectivity index is 2.62. The molecule has 2 N–H and O–H groups in total. The molecule has 1 heterocycles. The van der Waals surface area contributed by atoms with Crippen LogP contribution in [0.3, 0.4) is 0 Å². The second kappa shape index (κ2) is 6.02. The van der Waals surface area contributed by atoms with Crippen molar-refractivity contribution in [3.05, 3.63) is 0 Å². The Bertz CT molecular complexity index is 286. The molecule has 0 aromatic rings. The molecule has 4 nitrogen and oxygen atoms in total. The summed E-state index contributed by atoms with van der Waals surface area (Å²) in [6.45, 7) is 13.3. The Hall–Kier alpha value is -0.610. The molecule has 4 heteroatoms. The quantitative estimate of drug-likeness (QED) is 0.761. The zero-order valence-corrected chi connectivity index (χ0v) is 12.4. The molecule has 0 amide bonds. The summed E-state index contributed by atoms with van der Waals surface area (Å²) >= 11 is 0. The van der Waals surface area contributed by atoms with E-state index in [0.29, 0.717) is 30.8 Å². The lowest BCUT2D eigenvalue weighted by atomic mass is 9.93. The van der Waals surface area contributed by atoms with E-state index < -0.39 is 11.5 Å². The van der Waals surface area contributed by atoms with E-state index in [1.54, 1.807) is 6.92 Å². The monoisotopic (exact) mass is 256 g/mol. The summed E-state index contributed by atoms with van der Waals surface area (Å²) in [6, 6.07) is 0.303. The third-order valence-electron chi connectivity index (χ3n) is 4.38. The van der Waals surface area contributed by atoms with E-state index in [4.69, 9.17) is 0 Å². The van der Waals surface area contributed by atoms with Crippen molar-refractivity contribution in [2.24, 2.45) is 11.8 Å². The van der Waals surface area contributed by atoms with Gasteiger partial charge in [0.25, 0.3) is 0 Å². The molecule has 1 saturated heterocycles. The van der Waals surface area contributed by atoms with Gasteiger partial charge in [-0.05, 0) is 38.6 Å². The van der Waals surface area contributed by atoms with Crippen LogP contribution < -0.4 is 5.32 Å². The van der Waals surface area contributed by atoms with Crippen molar-refractivity contribution < 1.29 is 9.90 Å². The number of hydrogen-bond donors (Lipinski definition) is 2. The first-order chi connectivity index (χ1) is 8.30. The topological polar surface area (TPSA) is 52.6 Å². The molecule has 0 aromatic heterocycles. The lowest BCUT2D eigenvalue weighted by Gasteiger charge is -2.33. The lowest BCUT2D eigenvalue weighted by Crippen LogP contribution is -2.53. The molecule has 1 rings (SSSR count). The predicted molar refractivity (Wildman–Crippen MR) is 73.7 cm³/mol. The van der Waals surface area contributed by atoms with Crippen LogP contribution >= 0.6 is 0 Å². The van der Waals surface area contributed by atoms with Crippen LogP contribution in [0.4, 0.5) is 0 Å². The fourth-order valence-corrected chi connectivity index (χ4v) is 2.88. The number of rotatable bonds is 6. The molecule has 4 unspecified atom stereocenters. The van der Waals surface area contributed by atoms with Gasteiger partial charge in [-0.1, -0.05) is 20.8 Å². The molecule has 1 aliphatic rings. The van der Waals surface area contributed by atoms with E-state index >= 15 is 0 Å². The smallest absolute Gasteiger partial charge is 0.323 e. The van der Waals surface area contributed by atoms with Crippen LogP contribution in [0.2, 0.25) is 0 Å². The Kier molecular flexibility index (Phi) is 5.17. The van der Waals surface area contributed by atoms with Crippen molar-refractivity contribution in [1.29, 1.82) is 0 Å². The number of carboxylic acids is 1. The summed E-state index contributed by atoms with van der Waals surface area (Å²) in [5.74, 6) is 0.668. The van der Waals surface area contributed by atoms with Crippen molar-refractivity contribution >= 4 is 5.97 Å². The van der Waals surface area contributed by atoms with Crippen LogP contribution in [0, 0.1) is 11.8 Å². The molecule has 106 valence electrons. The average molecular weight is 256 g/mol. The second-order valence-electron chi connectivity index (χ2n) is 6.13. The minimum atomic E-state index is -0.816. The maximum Gasteiger partial charge on any atom is 0.323 e.